The molecule has 1 rings (SSSR count). The number of nitrogens with zero attached hydrogens (tertiary/aromatic N) is 1. The van der Waals surface area contributed by atoms with Gasteiger partial charge in [-0.25, -0.2) is 4.98 Å². The first kappa shape index (κ1) is 16.0. The van der Waals surface area contributed by atoms with Gasteiger partial charge in [0.2, 0.25) is 5.88 Å². The van der Waals surface area contributed by atoms with Crippen LogP contribution in [0.25, 0.3) is 0 Å². The highest BCUT2D eigenvalue weighted by Crippen LogP contribution is 2.25. The minimum absolute atomic E-state index is 0.0307. The second-order valence-electron chi connectivity index (χ2n) is 6.55. The lowest BCUT2D eigenvalue weighted by molar-refractivity contribution is 0.162. The van der Waals surface area contributed by atoms with Crippen LogP contribution >= 0.6 is 0 Å². The Morgan fingerprint density at radius 1 is 1.21 bits per heavy atom. The highest BCUT2D eigenvalue weighted by atomic mass is 16.5. The second-order valence-corrected chi connectivity index (χ2v) is 6.55. The maximum absolute atomic E-state index is 5.96. The zero-order chi connectivity index (χ0) is 14.6. The Bertz CT molecular complexity index is 408. The Morgan fingerprint density at radius 2 is 1.84 bits per heavy atom. The first-order chi connectivity index (χ1) is 8.74. The fourth-order valence-corrected chi connectivity index (χ4v) is 1.64. The average Bonchev–Trinajstić information content (AvgIpc) is 2.27. The molecule has 19 heavy (non-hydrogen) atoms. The van der Waals surface area contributed by atoms with Gasteiger partial charge in [-0.15, -0.1) is 0 Å². The molecule has 0 aliphatic heterocycles. The van der Waals surface area contributed by atoms with E-state index in [9.17, 15) is 0 Å². The van der Waals surface area contributed by atoms with E-state index in [-0.39, 0.29) is 11.5 Å². The van der Waals surface area contributed by atoms with E-state index in [1.54, 1.807) is 0 Å². The highest BCUT2D eigenvalue weighted by molar-refractivity contribution is 5.28. The molecule has 0 radical (unpaired) electrons. The summed E-state index contributed by atoms with van der Waals surface area (Å²) in [6.45, 7) is 13.8. The Labute approximate surface area is 117 Å². The van der Waals surface area contributed by atoms with Gasteiger partial charge in [0.1, 0.15) is 0 Å². The monoisotopic (exact) mass is 264 g/mol. The maximum Gasteiger partial charge on any atom is 0.214 e. The van der Waals surface area contributed by atoms with Crippen LogP contribution in [0.15, 0.2) is 12.1 Å². The Hall–Kier alpha value is -1.09. The van der Waals surface area contributed by atoms with Crippen molar-refractivity contribution in [1.29, 1.82) is 0 Å². The molecule has 1 heterocycles. The normalized spacial score (nSPS) is 13.7. The molecule has 0 aliphatic carbocycles. The van der Waals surface area contributed by atoms with Crippen molar-refractivity contribution >= 4 is 0 Å². The summed E-state index contributed by atoms with van der Waals surface area (Å²) in [7, 11) is 1.95. The summed E-state index contributed by atoms with van der Waals surface area (Å²) in [5.74, 6) is 1.21. The fourth-order valence-electron chi connectivity index (χ4n) is 1.64. The Morgan fingerprint density at radius 3 is 2.32 bits per heavy atom. The maximum atomic E-state index is 5.96. The van der Waals surface area contributed by atoms with Crippen LogP contribution in [0.5, 0.6) is 5.88 Å². The summed E-state index contributed by atoms with van der Waals surface area (Å²) in [4.78, 5) is 4.66. The molecule has 0 fully saturated rings. The molecular formula is C16H28N2O. The van der Waals surface area contributed by atoms with Gasteiger partial charge in [-0.1, -0.05) is 34.6 Å². The van der Waals surface area contributed by atoms with E-state index in [1.807, 2.05) is 13.1 Å². The standard InChI is InChI=1S/C16H28N2O/c1-11(2)12(3)19-15-9-13(10-17-7)8-14(18-15)16(4,5)6/h8-9,11-12,17H,10H2,1-7H3. The summed E-state index contributed by atoms with van der Waals surface area (Å²) in [5, 5.41) is 3.18. The smallest absolute Gasteiger partial charge is 0.214 e. The van der Waals surface area contributed by atoms with Crippen LogP contribution in [0.4, 0.5) is 0 Å². The van der Waals surface area contributed by atoms with E-state index in [0.29, 0.717) is 5.92 Å². The van der Waals surface area contributed by atoms with Crippen LogP contribution in [0, 0.1) is 5.92 Å². The summed E-state index contributed by atoms with van der Waals surface area (Å²) in [6.07, 6.45) is 0.171. The van der Waals surface area contributed by atoms with Gasteiger partial charge in [-0.3, -0.25) is 0 Å². The van der Waals surface area contributed by atoms with Gasteiger partial charge in [0.15, 0.2) is 0 Å². The van der Waals surface area contributed by atoms with Crippen molar-refractivity contribution in [2.45, 2.75) is 59.6 Å². The lowest BCUT2D eigenvalue weighted by Gasteiger charge is -2.22. The number of aromatic nitrogens is 1. The summed E-state index contributed by atoms with van der Waals surface area (Å²) < 4.78 is 5.96. The van der Waals surface area contributed by atoms with Gasteiger partial charge < -0.3 is 10.1 Å². The third-order valence-electron chi connectivity index (χ3n) is 3.26. The van der Waals surface area contributed by atoms with Crippen molar-refractivity contribution in [2.24, 2.45) is 5.92 Å². The summed E-state index contributed by atoms with van der Waals surface area (Å²) >= 11 is 0. The molecule has 0 spiro atoms. The molecule has 3 heteroatoms. The SMILES string of the molecule is CNCc1cc(OC(C)C(C)C)nc(C(C)(C)C)c1. The zero-order valence-electron chi connectivity index (χ0n) is 13.4. The molecule has 0 saturated carbocycles. The van der Waals surface area contributed by atoms with Crippen molar-refractivity contribution in [3.05, 3.63) is 23.4 Å². The predicted molar refractivity (Wildman–Crippen MR) is 80.6 cm³/mol. The molecule has 1 aromatic rings. The molecular weight excluding hydrogens is 236 g/mol. The minimum atomic E-state index is 0.0307. The van der Waals surface area contributed by atoms with Crippen molar-refractivity contribution in [1.82, 2.24) is 10.3 Å². The molecule has 1 unspecified atom stereocenters. The fraction of sp³-hybridized carbons (Fsp3) is 0.688. The highest BCUT2D eigenvalue weighted by Gasteiger charge is 2.18. The van der Waals surface area contributed by atoms with E-state index >= 15 is 0 Å². The third-order valence-corrected chi connectivity index (χ3v) is 3.26. The van der Waals surface area contributed by atoms with Gasteiger partial charge in [-0.05, 0) is 31.5 Å². The zero-order valence-corrected chi connectivity index (χ0v) is 13.4. The van der Waals surface area contributed by atoms with Gasteiger partial charge >= 0.3 is 0 Å². The van der Waals surface area contributed by atoms with Gasteiger partial charge in [-0.2, -0.15) is 0 Å². The largest absolute Gasteiger partial charge is 0.474 e. The number of hydrogen-bond acceptors (Lipinski definition) is 3. The van der Waals surface area contributed by atoms with Crippen LogP contribution in [0.3, 0.4) is 0 Å². The van der Waals surface area contributed by atoms with Gasteiger partial charge in [0.25, 0.3) is 0 Å². The van der Waals surface area contributed by atoms with Crippen LogP contribution in [-0.4, -0.2) is 18.1 Å². The number of rotatable bonds is 5. The third kappa shape index (κ3) is 4.83. The van der Waals surface area contributed by atoms with E-state index in [1.165, 1.54) is 5.56 Å². The molecule has 3 nitrogen and oxygen atoms in total. The predicted octanol–water partition coefficient (Wildman–Crippen LogP) is 3.52. The molecule has 108 valence electrons. The van der Waals surface area contributed by atoms with Crippen molar-refractivity contribution < 1.29 is 4.74 Å². The molecule has 1 atom stereocenters. The lowest BCUT2D eigenvalue weighted by Crippen LogP contribution is -2.21. The Kier molecular flexibility index (Phi) is 5.36. The molecule has 0 aliphatic rings. The molecule has 0 amide bonds. The quantitative estimate of drug-likeness (QED) is 0.883. The molecule has 0 bridgehead atoms. The molecule has 0 aromatic carbocycles. The van der Waals surface area contributed by atoms with Crippen LogP contribution in [0.1, 0.15) is 52.8 Å². The Balaban J connectivity index is 3.06. The topological polar surface area (TPSA) is 34.1 Å². The number of hydrogen-bond donors (Lipinski definition) is 1. The van der Waals surface area contributed by atoms with E-state index in [0.717, 1.165) is 18.1 Å². The van der Waals surface area contributed by atoms with Crippen LogP contribution in [-0.2, 0) is 12.0 Å². The van der Waals surface area contributed by atoms with Crippen molar-refractivity contribution in [3.8, 4) is 5.88 Å². The average molecular weight is 264 g/mol. The first-order valence-corrected chi connectivity index (χ1v) is 7.06. The number of pyridine rings is 1. The lowest BCUT2D eigenvalue weighted by atomic mass is 9.91. The van der Waals surface area contributed by atoms with E-state index in [4.69, 9.17) is 4.74 Å². The number of ether oxygens (including phenoxy) is 1. The van der Waals surface area contributed by atoms with Crippen LogP contribution < -0.4 is 10.1 Å². The van der Waals surface area contributed by atoms with Crippen molar-refractivity contribution in [2.75, 3.05) is 7.05 Å². The summed E-state index contributed by atoms with van der Waals surface area (Å²) in [5.41, 5.74) is 2.32. The molecule has 1 N–H and O–H groups in total. The van der Waals surface area contributed by atoms with Gasteiger partial charge in [0.05, 0.1) is 11.8 Å². The first-order valence-electron chi connectivity index (χ1n) is 7.06. The van der Waals surface area contributed by atoms with Crippen LogP contribution in [0.2, 0.25) is 0 Å². The van der Waals surface area contributed by atoms with E-state index in [2.05, 4.69) is 57.9 Å². The van der Waals surface area contributed by atoms with Crippen molar-refractivity contribution in [3.63, 3.8) is 0 Å². The van der Waals surface area contributed by atoms with E-state index < -0.39 is 0 Å². The molecule has 0 saturated heterocycles. The summed E-state index contributed by atoms with van der Waals surface area (Å²) in [6, 6.07) is 4.19. The minimum Gasteiger partial charge on any atom is -0.474 e. The second kappa shape index (κ2) is 6.38. The number of nitrogens with one attached hydrogen (secondary N) is 1. The van der Waals surface area contributed by atoms with Gasteiger partial charge in [0, 0.05) is 18.0 Å². The molecule has 1 aromatic heterocycles.